The summed E-state index contributed by atoms with van der Waals surface area (Å²) in [5, 5.41) is 0. The Morgan fingerprint density at radius 1 is 1.44 bits per heavy atom. The lowest BCUT2D eigenvalue weighted by atomic mass is 9.87. The van der Waals surface area contributed by atoms with Gasteiger partial charge in [0.25, 0.3) is 0 Å². The van der Waals surface area contributed by atoms with Gasteiger partial charge < -0.3 is 15.4 Å². The molecule has 2 rings (SSSR count). The predicted octanol–water partition coefficient (Wildman–Crippen LogP) is 2.10. The van der Waals surface area contributed by atoms with Crippen LogP contribution in [0.1, 0.15) is 13.3 Å². The fourth-order valence-corrected chi connectivity index (χ4v) is 2.28. The molecule has 1 heterocycles. The highest BCUT2D eigenvalue weighted by Crippen LogP contribution is 2.23. The van der Waals surface area contributed by atoms with Crippen molar-refractivity contribution in [2.45, 2.75) is 13.3 Å². The largest absolute Gasteiger partial charge is 0.415 e. The molecule has 98 valence electrons. The molecule has 0 spiro atoms. The van der Waals surface area contributed by atoms with Crippen molar-refractivity contribution in [2.75, 3.05) is 19.6 Å². The molecule has 4 nitrogen and oxygen atoms in total. The fourth-order valence-electron chi connectivity index (χ4n) is 2.28. The Morgan fingerprint density at radius 2 is 2.17 bits per heavy atom. The third-order valence-corrected chi connectivity index (χ3v) is 3.62. The van der Waals surface area contributed by atoms with Crippen LogP contribution in [-0.4, -0.2) is 30.6 Å². The Morgan fingerprint density at radius 3 is 2.83 bits per heavy atom. The van der Waals surface area contributed by atoms with Gasteiger partial charge in [0.1, 0.15) is 5.75 Å². The number of rotatable bonds is 2. The predicted molar refractivity (Wildman–Crippen MR) is 70.4 cm³/mol. The quantitative estimate of drug-likeness (QED) is 0.872. The summed E-state index contributed by atoms with van der Waals surface area (Å²) in [4.78, 5) is 13.8. The Kier molecular flexibility index (Phi) is 4.20. The van der Waals surface area contributed by atoms with Gasteiger partial charge >= 0.3 is 6.09 Å². The Bertz CT molecular complexity index is 394. The summed E-state index contributed by atoms with van der Waals surface area (Å²) >= 11 is 0. The first-order valence-electron chi connectivity index (χ1n) is 6.42. The van der Waals surface area contributed by atoms with E-state index in [1.54, 1.807) is 17.0 Å². The van der Waals surface area contributed by atoms with E-state index in [9.17, 15) is 4.79 Å². The van der Waals surface area contributed by atoms with Crippen molar-refractivity contribution in [3.8, 4) is 5.75 Å². The number of nitrogens with two attached hydrogens (primary N) is 1. The van der Waals surface area contributed by atoms with E-state index in [4.69, 9.17) is 10.5 Å². The number of benzene rings is 1. The second-order valence-corrected chi connectivity index (χ2v) is 4.89. The minimum absolute atomic E-state index is 0.272. The monoisotopic (exact) mass is 248 g/mol. The van der Waals surface area contributed by atoms with Gasteiger partial charge in [0.2, 0.25) is 0 Å². The molecule has 0 aromatic heterocycles. The normalized spacial score (nSPS) is 23.8. The van der Waals surface area contributed by atoms with Crippen LogP contribution in [0.4, 0.5) is 4.79 Å². The van der Waals surface area contributed by atoms with Gasteiger partial charge in [-0.2, -0.15) is 0 Å². The van der Waals surface area contributed by atoms with Gasteiger partial charge in [-0.05, 0) is 36.9 Å². The first-order chi connectivity index (χ1) is 8.70. The zero-order valence-electron chi connectivity index (χ0n) is 10.7. The molecule has 0 radical (unpaired) electrons. The molecule has 1 amide bonds. The molecule has 1 aromatic rings. The summed E-state index contributed by atoms with van der Waals surface area (Å²) < 4.78 is 5.33. The number of amides is 1. The summed E-state index contributed by atoms with van der Waals surface area (Å²) in [6.07, 6.45) is 0.720. The van der Waals surface area contributed by atoms with Crippen LogP contribution < -0.4 is 10.5 Å². The van der Waals surface area contributed by atoms with E-state index in [1.807, 2.05) is 18.2 Å². The highest BCUT2D eigenvalue weighted by atomic mass is 16.6. The third-order valence-electron chi connectivity index (χ3n) is 3.62. The van der Waals surface area contributed by atoms with Crippen LogP contribution >= 0.6 is 0 Å². The van der Waals surface area contributed by atoms with Crippen molar-refractivity contribution in [1.82, 2.24) is 4.90 Å². The van der Waals surface area contributed by atoms with Crippen molar-refractivity contribution >= 4 is 6.09 Å². The maximum atomic E-state index is 12.0. The summed E-state index contributed by atoms with van der Waals surface area (Å²) in [6.45, 7) is 4.26. The number of ether oxygens (including phenoxy) is 1. The van der Waals surface area contributed by atoms with E-state index in [2.05, 4.69) is 6.92 Å². The number of para-hydroxylation sites is 1. The number of nitrogens with zero attached hydrogens (tertiary/aromatic N) is 1. The SMILES string of the molecule is CC1CCN(C(=O)Oc2ccccc2)CC1CN. The molecule has 1 saturated heterocycles. The second-order valence-electron chi connectivity index (χ2n) is 4.89. The van der Waals surface area contributed by atoms with E-state index < -0.39 is 0 Å². The van der Waals surface area contributed by atoms with Crippen molar-refractivity contribution in [1.29, 1.82) is 0 Å². The van der Waals surface area contributed by atoms with Crippen LogP contribution in [-0.2, 0) is 0 Å². The molecule has 4 heteroatoms. The smallest absolute Gasteiger partial charge is 0.410 e. The average Bonchev–Trinajstić information content (AvgIpc) is 2.40. The molecule has 1 aliphatic heterocycles. The van der Waals surface area contributed by atoms with Gasteiger partial charge in [0.15, 0.2) is 0 Å². The molecule has 0 aliphatic carbocycles. The molecule has 18 heavy (non-hydrogen) atoms. The van der Waals surface area contributed by atoms with Crippen LogP contribution in [0, 0.1) is 11.8 Å². The third kappa shape index (κ3) is 3.01. The molecule has 0 saturated carbocycles. The van der Waals surface area contributed by atoms with Crippen LogP contribution in [0.3, 0.4) is 0 Å². The van der Waals surface area contributed by atoms with Gasteiger partial charge in [-0.1, -0.05) is 25.1 Å². The van der Waals surface area contributed by atoms with E-state index in [1.165, 1.54) is 0 Å². The van der Waals surface area contributed by atoms with Crippen LogP contribution in [0.25, 0.3) is 0 Å². The van der Waals surface area contributed by atoms with Gasteiger partial charge in [0, 0.05) is 13.1 Å². The summed E-state index contributed by atoms with van der Waals surface area (Å²) in [5.41, 5.74) is 5.73. The Hall–Kier alpha value is -1.55. The van der Waals surface area contributed by atoms with E-state index in [0.29, 0.717) is 30.7 Å². The minimum atomic E-state index is -0.272. The van der Waals surface area contributed by atoms with Crippen LogP contribution in [0.5, 0.6) is 5.75 Å². The highest BCUT2D eigenvalue weighted by molar-refractivity contribution is 5.70. The van der Waals surface area contributed by atoms with Crippen LogP contribution in [0.2, 0.25) is 0 Å². The lowest BCUT2D eigenvalue weighted by Gasteiger charge is -2.35. The summed E-state index contributed by atoms with van der Waals surface area (Å²) in [5.74, 6) is 1.54. The van der Waals surface area contributed by atoms with Crippen molar-refractivity contribution in [2.24, 2.45) is 17.6 Å². The average molecular weight is 248 g/mol. The lowest BCUT2D eigenvalue weighted by Crippen LogP contribution is -2.46. The molecule has 1 aromatic carbocycles. The summed E-state index contributed by atoms with van der Waals surface area (Å²) in [7, 11) is 0. The van der Waals surface area contributed by atoms with Gasteiger partial charge in [-0.25, -0.2) is 4.79 Å². The molecule has 2 atom stereocenters. The van der Waals surface area contributed by atoms with Crippen molar-refractivity contribution < 1.29 is 9.53 Å². The highest BCUT2D eigenvalue weighted by Gasteiger charge is 2.28. The number of hydrogen-bond acceptors (Lipinski definition) is 3. The maximum absolute atomic E-state index is 12.0. The molecular formula is C14H20N2O2. The van der Waals surface area contributed by atoms with Crippen molar-refractivity contribution in [3.05, 3.63) is 30.3 Å². The molecule has 2 unspecified atom stereocenters. The fraction of sp³-hybridized carbons (Fsp3) is 0.500. The topological polar surface area (TPSA) is 55.6 Å². The maximum Gasteiger partial charge on any atom is 0.415 e. The number of piperidine rings is 1. The standard InChI is InChI=1S/C14H20N2O2/c1-11-7-8-16(10-12(11)9-15)14(17)18-13-5-3-2-4-6-13/h2-6,11-12H,7-10,15H2,1H3. The zero-order chi connectivity index (χ0) is 13.0. The molecule has 2 N–H and O–H groups in total. The van der Waals surface area contributed by atoms with Gasteiger partial charge in [-0.3, -0.25) is 0 Å². The number of carbonyl (C=O) groups is 1. The number of hydrogen-bond donors (Lipinski definition) is 1. The van der Waals surface area contributed by atoms with E-state index in [-0.39, 0.29) is 6.09 Å². The van der Waals surface area contributed by atoms with Gasteiger partial charge in [0.05, 0.1) is 0 Å². The second kappa shape index (κ2) is 5.87. The van der Waals surface area contributed by atoms with E-state index in [0.717, 1.165) is 13.0 Å². The summed E-state index contributed by atoms with van der Waals surface area (Å²) in [6, 6.07) is 9.16. The van der Waals surface area contributed by atoms with E-state index >= 15 is 0 Å². The van der Waals surface area contributed by atoms with Crippen molar-refractivity contribution in [3.63, 3.8) is 0 Å². The van der Waals surface area contributed by atoms with Crippen LogP contribution in [0.15, 0.2) is 30.3 Å². The number of likely N-dealkylation sites (tertiary alicyclic amines) is 1. The lowest BCUT2D eigenvalue weighted by molar-refractivity contribution is 0.109. The Balaban J connectivity index is 1.93. The molecular weight excluding hydrogens is 228 g/mol. The zero-order valence-corrected chi connectivity index (χ0v) is 10.7. The Labute approximate surface area is 108 Å². The first-order valence-corrected chi connectivity index (χ1v) is 6.42. The molecule has 0 bridgehead atoms. The van der Waals surface area contributed by atoms with Gasteiger partial charge in [-0.15, -0.1) is 0 Å². The molecule has 1 fully saturated rings. The molecule has 1 aliphatic rings. The first kappa shape index (κ1) is 12.9. The number of carbonyl (C=O) groups excluding carboxylic acids is 1. The minimum Gasteiger partial charge on any atom is -0.410 e.